The van der Waals surface area contributed by atoms with Crippen molar-refractivity contribution >= 4 is 34.8 Å². The van der Waals surface area contributed by atoms with Crippen LogP contribution in [-0.2, 0) is 4.79 Å². The van der Waals surface area contributed by atoms with E-state index < -0.39 is 16.6 Å². The van der Waals surface area contributed by atoms with Gasteiger partial charge < -0.3 is 15.1 Å². The van der Waals surface area contributed by atoms with Gasteiger partial charge in [0.05, 0.1) is 17.0 Å². The molecule has 2 amide bonds. The first kappa shape index (κ1) is 20.5. The Kier molecular flexibility index (Phi) is 6.28. The van der Waals surface area contributed by atoms with Crippen molar-refractivity contribution in [1.29, 1.82) is 0 Å². The first-order valence-corrected chi connectivity index (χ1v) is 9.24. The molecule has 0 atom stereocenters. The first-order chi connectivity index (χ1) is 13.9. The lowest BCUT2D eigenvalue weighted by Crippen LogP contribution is -2.51. The second-order valence-corrected chi connectivity index (χ2v) is 6.86. The van der Waals surface area contributed by atoms with Crippen LogP contribution < -0.4 is 10.2 Å². The molecule has 1 aliphatic heterocycles. The van der Waals surface area contributed by atoms with Crippen molar-refractivity contribution in [2.75, 3.05) is 37.6 Å². The Morgan fingerprint density at radius 3 is 2.48 bits per heavy atom. The van der Waals surface area contributed by atoms with E-state index in [1.54, 1.807) is 17.0 Å². The predicted octanol–water partition coefficient (Wildman–Crippen LogP) is 2.47. The van der Waals surface area contributed by atoms with Gasteiger partial charge in [0.25, 0.3) is 11.6 Å². The van der Waals surface area contributed by atoms with Crippen LogP contribution in [0.2, 0.25) is 5.02 Å². The number of hydrogen-bond donors (Lipinski definition) is 1. The van der Waals surface area contributed by atoms with Crippen molar-refractivity contribution in [3.05, 3.63) is 69.0 Å². The van der Waals surface area contributed by atoms with Gasteiger partial charge in [0.1, 0.15) is 11.5 Å². The Morgan fingerprint density at radius 1 is 1.14 bits per heavy atom. The van der Waals surface area contributed by atoms with E-state index in [9.17, 15) is 24.1 Å². The Morgan fingerprint density at radius 2 is 1.83 bits per heavy atom. The second-order valence-electron chi connectivity index (χ2n) is 6.42. The van der Waals surface area contributed by atoms with E-state index in [-0.39, 0.29) is 28.7 Å². The summed E-state index contributed by atoms with van der Waals surface area (Å²) < 4.78 is 13.6. The summed E-state index contributed by atoms with van der Waals surface area (Å²) in [7, 11) is 0. The third kappa shape index (κ3) is 4.80. The largest absolute Gasteiger partial charge is 0.362 e. The number of nitro benzene ring substituents is 1. The number of nitrogens with zero attached hydrogens (tertiary/aromatic N) is 3. The predicted molar refractivity (Wildman–Crippen MR) is 106 cm³/mol. The maximum Gasteiger partial charge on any atom is 0.294 e. The standard InChI is InChI=1S/C19H18ClFN4O4/c20-13-5-6-16(17(11-13)25(28)29)23-7-9-24(10-8-23)18(26)12-22-19(27)14-3-1-2-4-15(14)21/h1-6,11H,7-10,12H2,(H,22,27). The summed E-state index contributed by atoms with van der Waals surface area (Å²) in [5.41, 5.74) is 0.231. The molecule has 8 nitrogen and oxygen atoms in total. The molecule has 10 heteroatoms. The number of amides is 2. The average molecular weight is 421 g/mol. The van der Waals surface area contributed by atoms with Gasteiger partial charge in [-0.15, -0.1) is 0 Å². The zero-order valence-electron chi connectivity index (χ0n) is 15.3. The number of nitrogens with one attached hydrogen (secondary N) is 1. The zero-order chi connectivity index (χ0) is 21.0. The lowest BCUT2D eigenvalue weighted by Gasteiger charge is -2.35. The van der Waals surface area contributed by atoms with Crippen molar-refractivity contribution in [2.45, 2.75) is 0 Å². The van der Waals surface area contributed by atoms with Gasteiger partial charge in [0, 0.05) is 37.3 Å². The van der Waals surface area contributed by atoms with Crippen LogP contribution in [0.1, 0.15) is 10.4 Å². The molecule has 152 valence electrons. The van der Waals surface area contributed by atoms with Crippen molar-refractivity contribution in [1.82, 2.24) is 10.2 Å². The number of anilines is 1. The van der Waals surface area contributed by atoms with E-state index >= 15 is 0 Å². The number of benzene rings is 2. The summed E-state index contributed by atoms with van der Waals surface area (Å²) in [6, 6.07) is 9.99. The van der Waals surface area contributed by atoms with Crippen molar-refractivity contribution in [2.24, 2.45) is 0 Å². The fourth-order valence-corrected chi connectivity index (χ4v) is 3.28. The molecule has 0 saturated carbocycles. The third-order valence-electron chi connectivity index (χ3n) is 4.63. The molecule has 3 rings (SSSR count). The molecule has 0 aromatic heterocycles. The van der Waals surface area contributed by atoms with Gasteiger partial charge in [-0.2, -0.15) is 0 Å². The van der Waals surface area contributed by atoms with Gasteiger partial charge in [-0.25, -0.2) is 4.39 Å². The minimum absolute atomic E-state index is 0.0885. The summed E-state index contributed by atoms with van der Waals surface area (Å²) in [6.45, 7) is 1.22. The molecule has 1 heterocycles. The van der Waals surface area contributed by atoms with Crippen LogP contribution in [0.15, 0.2) is 42.5 Å². The molecule has 1 saturated heterocycles. The Labute approximate surface area is 171 Å². The van der Waals surface area contributed by atoms with E-state index in [2.05, 4.69) is 5.32 Å². The number of nitro groups is 1. The molecule has 1 N–H and O–H groups in total. The van der Waals surface area contributed by atoms with Crippen LogP contribution in [0.3, 0.4) is 0 Å². The minimum atomic E-state index is -0.660. The maximum absolute atomic E-state index is 13.6. The second kappa shape index (κ2) is 8.87. The molecule has 2 aromatic rings. The Hall–Kier alpha value is -3.20. The third-order valence-corrected chi connectivity index (χ3v) is 4.86. The lowest BCUT2D eigenvalue weighted by atomic mass is 10.2. The summed E-state index contributed by atoms with van der Waals surface area (Å²) in [5.74, 6) is -1.62. The SMILES string of the molecule is O=C(NCC(=O)N1CCN(c2ccc(Cl)cc2[N+](=O)[O-])CC1)c1ccccc1F. The van der Waals surface area contributed by atoms with E-state index in [4.69, 9.17) is 11.6 Å². The Bertz CT molecular complexity index is 948. The van der Waals surface area contributed by atoms with Gasteiger partial charge in [0.15, 0.2) is 0 Å². The summed E-state index contributed by atoms with van der Waals surface area (Å²) >= 11 is 5.85. The molecule has 0 radical (unpaired) electrons. The summed E-state index contributed by atoms with van der Waals surface area (Å²) in [4.78, 5) is 38.5. The topological polar surface area (TPSA) is 95.8 Å². The van der Waals surface area contributed by atoms with Crippen LogP contribution in [-0.4, -0.2) is 54.4 Å². The van der Waals surface area contributed by atoms with Gasteiger partial charge in [0.2, 0.25) is 5.91 Å². The van der Waals surface area contributed by atoms with E-state index in [1.807, 2.05) is 4.90 Å². The molecular formula is C19H18ClFN4O4. The monoisotopic (exact) mass is 420 g/mol. The van der Waals surface area contributed by atoms with Crippen LogP contribution in [0, 0.1) is 15.9 Å². The summed E-state index contributed by atoms with van der Waals surface area (Å²) in [6.07, 6.45) is 0. The Balaban J connectivity index is 1.56. The maximum atomic E-state index is 13.6. The van der Waals surface area contributed by atoms with Gasteiger partial charge >= 0.3 is 0 Å². The molecule has 0 unspecified atom stereocenters. The summed E-state index contributed by atoms with van der Waals surface area (Å²) in [5, 5.41) is 14.0. The number of carbonyl (C=O) groups is 2. The van der Waals surface area contributed by atoms with Gasteiger partial charge in [-0.3, -0.25) is 19.7 Å². The molecule has 0 bridgehead atoms. The highest BCUT2D eigenvalue weighted by atomic mass is 35.5. The quantitative estimate of drug-likeness (QED) is 0.592. The first-order valence-electron chi connectivity index (χ1n) is 8.86. The van der Waals surface area contributed by atoms with E-state index in [0.29, 0.717) is 31.9 Å². The van der Waals surface area contributed by atoms with E-state index in [1.165, 1.54) is 30.3 Å². The highest BCUT2D eigenvalue weighted by Crippen LogP contribution is 2.31. The fourth-order valence-electron chi connectivity index (χ4n) is 3.12. The zero-order valence-corrected chi connectivity index (χ0v) is 16.1. The number of halogens is 2. The number of hydrogen-bond acceptors (Lipinski definition) is 5. The van der Waals surface area contributed by atoms with Gasteiger partial charge in [-0.1, -0.05) is 23.7 Å². The highest BCUT2D eigenvalue weighted by molar-refractivity contribution is 6.30. The molecular weight excluding hydrogens is 403 g/mol. The van der Waals surface area contributed by atoms with Crippen molar-refractivity contribution < 1.29 is 18.9 Å². The van der Waals surface area contributed by atoms with Crippen LogP contribution >= 0.6 is 11.6 Å². The average Bonchev–Trinajstić information content (AvgIpc) is 2.72. The number of piperazine rings is 1. The van der Waals surface area contributed by atoms with Crippen molar-refractivity contribution in [3.63, 3.8) is 0 Å². The minimum Gasteiger partial charge on any atom is -0.362 e. The van der Waals surface area contributed by atoms with Crippen LogP contribution in [0.4, 0.5) is 15.8 Å². The van der Waals surface area contributed by atoms with E-state index in [0.717, 1.165) is 0 Å². The van der Waals surface area contributed by atoms with Crippen LogP contribution in [0.25, 0.3) is 0 Å². The molecule has 29 heavy (non-hydrogen) atoms. The molecule has 2 aromatic carbocycles. The highest BCUT2D eigenvalue weighted by Gasteiger charge is 2.26. The number of carbonyl (C=O) groups excluding carboxylic acids is 2. The normalized spacial score (nSPS) is 13.9. The molecule has 0 spiro atoms. The molecule has 1 aliphatic rings. The molecule has 1 fully saturated rings. The van der Waals surface area contributed by atoms with Crippen LogP contribution in [0.5, 0.6) is 0 Å². The van der Waals surface area contributed by atoms with Crippen molar-refractivity contribution in [3.8, 4) is 0 Å². The van der Waals surface area contributed by atoms with Gasteiger partial charge in [-0.05, 0) is 24.3 Å². The fraction of sp³-hybridized carbons (Fsp3) is 0.263. The smallest absolute Gasteiger partial charge is 0.294 e. The lowest BCUT2D eigenvalue weighted by molar-refractivity contribution is -0.384. The molecule has 0 aliphatic carbocycles. The number of rotatable bonds is 5.